The third-order valence-corrected chi connectivity index (χ3v) is 5.05. The van der Waals surface area contributed by atoms with Gasteiger partial charge in [0, 0.05) is 22.1 Å². The monoisotopic (exact) mass is 266 g/mol. The van der Waals surface area contributed by atoms with E-state index in [4.69, 9.17) is 0 Å². The van der Waals surface area contributed by atoms with Crippen LogP contribution in [-0.2, 0) is 10.8 Å². The maximum atomic E-state index is 12.2. The van der Waals surface area contributed by atoms with E-state index in [0.29, 0.717) is 17.2 Å². The highest BCUT2D eigenvalue weighted by molar-refractivity contribution is 7.86. The van der Waals surface area contributed by atoms with E-state index in [1.54, 1.807) is 6.92 Å². The van der Waals surface area contributed by atoms with E-state index in [1.807, 2.05) is 45.9 Å². The average Bonchev–Trinajstić information content (AvgIpc) is 2.30. The number of Topliss-reactive ketones (excluding diaryl/α,β-unsaturated/α-hetero) is 1. The molecule has 3 heteroatoms. The molecule has 2 unspecified atom stereocenters. The third-order valence-electron chi connectivity index (χ3n) is 3.05. The number of benzene rings is 1. The molecule has 2 nitrogen and oxygen atoms in total. The fourth-order valence-electron chi connectivity index (χ4n) is 1.72. The second-order valence-corrected chi connectivity index (χ2v) is 7.05. The van der Waals surface area contributed by atoms with Gasteiger partial charge in [-0.25, -0.2) is 0 Å². The molecule has 100 valence electrons. The smallest absolute Gasteiger partial charge is 0.178 e. The van der Waals surface area contributed by atoms with E-state index in [-0.39, 0.29) is 5.78 Å². The average molecular weight is 266 g/mol. The summed E-state index contributed by atoms with van der Waals surface area (Å²) in [6.07, 6.45) is 0. The van der Waals surface area contributed by atoms with Gasteiger partial charge in [-0.05, 0) is 43.9 Å². The highest BCUT2D eigenvalue weighted by Crippen LogP contribution is 2.14. The molecule has 0 radical (unpaired) electrons. The normalized spacial score (nSPS) is 14.6. The molecule has 1 aromatic carbocycles. The number of ketones is 1. The lowest BCUT2D eigenvalue weighted by Crippen LogP contribution is -2.26. The fraction of sp³-hybridized carbons (Fsp3) is 0.533. The minimum atomic E-state index is -1.09. The van der Waals surface area contributed by atoms with E-state index in [1.165, 1.54) is 5.56 Å². The molecule has 0 heterocycles. The van der Waals surface area contributed by atoms with Crippen LogP contribution in [0.1, 0.15) is 42.3 Å². The Labute approximate surface area is 112 Å². The molecule has 0 aliphatic carbocycles. The first kappa shape index (κ1) is 15.1. The van der Waals surface area contributed by atoms with Gasteiger partial charge in [-0.3, -0.25) is 9.00 Å². The largest absolute Gasteiger partial charge is 0.293 e. The van der Waals surface area contributed by atoms with E-state index in [9.17, 15) is 9.00 Å². The summed E-state index contributed by atoms with van der Waals surface area (Å²) in [5, 5.41) is -0.422. The molecule has 2 atom stereocenters. The number of aryl methyl sites for hydroxylation is 2. The van der Waals surface area contributed by atoms with Crippen LogP contribution in [0, 0.1) is 19.8 Å². The zero-order valence-electron chi connectivity index (χ0n) is 11.8. The van der Waals surface area contributed by atoms with Crippen molar-refractivity contribution in [3.63, 3.8) is 0 Å². The lowest BCUT2D eigenvalue weighted by Gasteiger charge is -2.13. The predicted octanol–water partition coefficient (Wildman–Crippen LogP) is 3.28. The quantitative estimate of drug-likeness (QED) is 0.766. The van der Waals surface area contributed by atoms with Crippen LogP contribution in [0.15, 0.2) is 18.2 Å². The van der Waals surface area contributed by atoms with Gasteiger partial charge in [0.2, 0.25) is 0 Å². The van der Waals surface area contributed by atoms with Gasteiger partial charge in [0.25, 0.3) is 0 Å². The SMILES string of the molecule is Cc1ccc(C(=O)C(C)S(=O)CC(C)C)cc1C. The van der Waals surface area contributed by atoms with Crippen LogP contribution in [0.4, 0.5) is 0 Å². The van der Waals surface area contributed by atoms with E-state index in [0.717, 1.165) is 5.56 Å². The summed E-state index contributed by atoms with van der Waals surface area (Å²) < 4.78 is 12.0. The molecule has 0 amide bonds. The third kappa shape index (κ3) is 3.77. The Hall–Kier alpha value is -0.960. The van der Waals surface area contributed by atoms with Gasteiger partial charge >= 0.3 is 0 Å². The molecule has 1 aromatic rings. The highest BCUT2D eigenvalue weighted by atomic mass is 32.2. The van der Waals surface area contributed by atoms with Crippen molar-refractivity contribution in [3.8, 4) is 0 Å². The highest BCUT2D eigenvalue weighted by Gasteiger charge is 2.22. The Bertz CT molecular complexity index is 464. The van der Waals surface area contributed by atoms with Gasteiger partial charge < -0.3 is 0 Å². The zero-order valence-corrected chi connectivity index (χ0v) is 12.6. The van der Waals surface area contributed by atoms with Crippen LogP contribution in [0.5, 0.6) is 0 Å². The second-order valence-electron chi connectivity index (χ2n) is 5.25. The van der Waals surface area contributed by atoms with Crippen LogP contribution < -0.4 is 0 Å². The van der Waals surface area contributed by atoms with Gasteiger partial charge in [-0.2, -0.15) is 0 Å². The number of carbonyl (C=O) groups excluding carboxylic acids is 1. The lowest BCUT2D eigenvalue weighted by atomic mass is 10.0. The van der Waals surface area contributed by atoms with Gasteiger partial charge in [-0.1, -0.05) is 26.0 Å². The summed E-state index contributed by atoms with van der Waals surface area (Å²) in [4.78, 5) is 12.2. The molecule has 0 saturated carbocycles. The minimum Gasteiger partial charge on any atom is -0.293 e. The first-order valence-corrected chi connectivity index (χ1v) is 7.69. The molecule has 0 fully saturated rings. The molecule has 0 aliphatic heterocycles. The summed E-state index contributed by atoms with van der Waals surface area (Å²) in [6.45, 7) is 9.80. The van der Waals surface area contributed by atoms with Crippen LogP contribution >= 0.6 is 0 Å². The van der Waals surface area contributed by atoms with Crippen molar-refractivity contribution >= 4 is 16.6 Å². The Kier molecular flexibility index (Phi) is 5.27. The van der Waals surface area contributed by atoms with E-state index in [2.05, 4.69) is 0 Å². The topological polar surface area (TPSA) is 34.1 Å². The van der Waals surface area contributed by atoms with Crippen molar-refractivity contribution in [1.82, 2.24) is 0 Å². The Morgan fingerprint density at radius 1 is 1.17 bits per heavy atom. The second kappa shape index (κ2) is 6.28. The predicted molar refractivity (Wildman–Crippen MR) is 77.6 cm³/mol. The molecule has 0 bridgehead atoms. The van der Waals surface area contributed by atoms with E-state index >= 15 is 0 Å². The molecule has 0 aromatic heterocycles. The van der Waals surface area contributed by atoms with E-state index < -0.39 is 16.0 Å². The minimum absolute atomic E-state index is 0.0166. The molecule has 0 saturated heterocycles. The summed E-state index contributed by atoms with van der Waals surface area (Å²) in [7, 11) is -1.09. The van der Waals surface area contributed by atoms with Gasteiger partial charge in [0.1, 0.15) is 0 Å². The summed E-state index contributed by atoms with van der Waals surface area (Å²) >= 11 is 0. The fourth-order valence-corrected chi connectivity index (χ4v) is 3.04. The maximum absolute atomic E-state index is 12.2. The molecule has 1 rings (SSSR count). The molecular formula is C15H22O2S. The first-order valence-electron chi connectivity index (χ1n) is 6.31. The maximum Gasteiger partial charge on any atom is 0.178 e. The molecule has 18 heavy (non-hydrogen) atoms. The summed E-state index contributed by atoms with van der Waals surface area (Å²) in [5.74, 6) is 0.913. The zero-order chi connectivity index (χ0) is 13.9. The Balaban J connectivity index is 2.86. The van der Waals surface area contributed by atoms with Gasteiger partial charge in [0.05, 0.1) is 5.25 Å². The number of hydrogen-bond donors (Lipinski definition) is 0. The molecular weight excluding hydrogens is 244 g/mol. The van der Waals surface area contributed by atoms with Crippen LogP contribution in [0.3, 0.4) is 0 Å². The summed E-state index contributed by atoms with van der Waals surface area (Å²) in [5.41, 5.74) is 2.94. The van der Waals surface area contributed by atoms with Crippen molar-refractivity contribution in [3.05, 3.63) is 34.9 Å². The van der Waals surface area contributed by atoms with Crippen LogP contribution in [0.2, 0.25) is 0 Å². The Morgan fingerprint density at radius 2 is 1.78 bits per heavy atom. The number of hydrogen-bond acceptors (Lipinski definition) is 2. The number of rotatable bonds is 5. The molecule has 0 N–H and O–H groups in total. The standard InChI is InChI=1S/C15H22O2S/c1-10(2)9-18(17)13(5)15(16)14-7-6-11(3)12(4)8-14/h6-8,10,13H,9H2,1-5H3. The van der Waals surface area contributed by atoms with Gasteiger partial charge in [-0.15, -0.1) is 0 Å². The van der Waals surface area contributed by atoms with Crippen molar-refractivity contribution in [2.24, 2.45) is 5.92 Å². The van der Waals surface area contributed by atoms with Crippen molar-refractivity contribution in [2.45, 2.75) is 39.9 Å². The van der Waals surface area contributed by atoms with Crippen LogP contribution in [-0.4, -0.2) is 21.0 Å². The lowest BCUT2D eigenvalue weighted by molar-refractivity contribution is 0.0992. The van der Waals surface area contributed by atoms with Crippen molar-refractivity contribution < 1.29 is 9.00 Å². The first-order chi connectivity index (χ1) is 8.32. The Morgan fingerprint density at radius 3 is 2.28 bits per heavy atom. The number of carbonyl (C=O) groups is 1. The van der Waals surface area contributed by atoms with Crippen LogP contribution in [0.25, 0.3) is 0 Å². The molecule has 0 aliphatic rings. The van der Waals surface area contributed by atoms with Crippen molar-refractivity contribution in [2.75, 3.05) is 5.75 Å². The summed E-state index contributed by atoms with van der Waals surface area (Å²) in [6, 6.07) is 5.66. The molecule has 0 spiro atoms. The van der Waals surface area contributed by atoms with Crippen molar-refractivity contribution in [1.29, 1.82) is 0 Å². The van der Waals surface area contributed by atoms with Gasteiger partial charge in [0.15, 0.2) is 5.78 Å².